The van der Waals surface area contributed by atoms with Gasteiger partial charge in [0, 0.05) is 51.2 Å². The van der Waals surface area contributed by atoms with E-state index in [4.69, 9.17) is 14.2 Å². The second-order valence-electron chi connectivity index (χ2n) is 11.0. The molecular formula is C29H36F2N6O4. The fraction of sp³-hybridized carbons (Fsp3) is 0.586. The van der Waals surface area contributed by atoms with Crippen molar-refractivity contribution in [3.63, 3.8) is 0 Å². The molecule has 0 spiro atoms. The van der Waals surface area contributed by atoms with Crippen LogP contribution in [0.25, 0.3) is 16.9 Å². The lowest BCUT2D eigenvalue weighted by Gasteiger charge is -2.29. The highest BCUT2D eigenvalue weighted by molar-refractivity contribution is 5.79. The number of halogens is 2. The third-order valence-electron chi connectivity index (χ3n) is 8.40. The number of aromatic nitrogens is 4. The third-order valence-corrected chi connectivity index (χ3v) is 8.40. The van der Waals surface area contributed by atoms with E-state index in [1.165, 1.54) is 4.57 Å². The van der Waals surface area contributed by atoms with Crippen molar-refractivity contribution in [2.45, 2.75) is 44.6 Å². The molecule has 3 fully saturated rings. The molecule has 0 unspecified atom stereocenters. The number of fused-ring (bicyclic) bond motifs is 1. The normalized spacial score (nSPS) is 23.5. The van der Waals surface area contributed by atoms with Gasteiger partial charge in [-0.3, -0.25) is 9.36 Å². The number of hydrogen-bond acceptors (Lipinski definition) is 8. The molecule has 2 aromatic heterocycles. The molecule has 0 bridgehead atoms. The Morgan fingerprint density at radius 1 is 1.05 bits per heavy atom. The molecule has 12 heteroatoms. The van der Waals surface area contributed by atoms with Crippen molar-refractivity contribution < 1.29 is 27.8 Å². The highest BCUT2D eigenvalue weighted by atomic mass is 19.3. The highest BCUT2D eigenvalue weighted by Gasteiger charge is 2.34. The van der Waals surface area contributed by atoms with Crippen molar-refractivity contribution in [1.82, 2.24) is 24.4 Å². The molecule has 3 aromatic rings. The Kier molecular flexibility index (Phi) is 8.29. The largest absolute Gasteiger partial charge is 0.477 e. The average molecular weight is 571 g/mol. The number of morpholine rings is 1. The summed E-state index contributed by atoms with van der Waals surface area (Å²) in [6, 6.07) is 8.60. The Labute approximate surface area is 237 Å². The summed E-state index contributed by atoms with van der Waals surface area (Å²) in [6.07, 6.45) is 1.90. The van der Waals surface area contributed by atoms with Gasteiger partial charge in [-0.15, -0.1) is 0 Å². The number of rotatable bonds is 8. The maximum absolute atomic E-state index is 14.1. The summed E-state index contributed by atoms with van der Waals surface area (Å²) in [5.74, 6) is 1.04. The minimum atomic E-state index is -2.79. The van der Waals surface area contributed by atoms with Crippen LogP contribution in [0, 0.1) is 11.8 Å². The number of imidazole rings is 1. The number of methoxy groups -OCH3 is 1. The minimum absolute atomic E-state index is 0.0654. The molecule has 10 nitrogen and oxygen atoms in total. The first-order valence-electron chi connectivity index (χ1n) is 14.4. The van der Waals surface area contributed by atoms with Gasteiger partial charge in [-0.25, -0.2) is 13.8 Å². The zero-order valence-corrected chi connectivity index (χ0v) is 23.3. The summed E-state index contributed by atoms with van der Waals surface area (Å²) in [4.78, 5) is 30.6. The maximum Gasteiger partial charge on any atom is 0.296 e. The lowest BCUT2D eigenvalue weighted by molar-refractivity contribution is -0.136. The number of ether oxygens (including phenoxy) is 3. The van der Waals surface area contributed by atoms with Gasteiger partial charge in [-0.1, -0.05) is 12.1 Å². The number of anilines is 1. The van der Waals surface area contributed by atoms with Crippen LogP contribution in [0.3, 0.4) is 0 Å². The van der Waals surface area contributed by atoms with E-state index < -0.39 is 6.43 Å². The number of carbonyl (C=O) groups excluding carboxylic acids is 1. The van der Waals surface area contributed by atoms with E-state index in [1.54, 1.807) is 37.4 Å². The Bertz CT molecular complexity index is 1360. The van der Waals surface area contributed by atoms with Gasteiger partial charge in [0.2, 0.25) is 17.7 Å². The van der Waals surface area contributed by atoms with E-state index in [2.05, 4.69) is 15.0 Å². The van der Waals surface area contributed by atoms with Gasteiger partial charge in [0.05, 0.1) is 37.0 Å². The number of para-hydroxylation sites is 2. The molecular weight excluding hydrogens is 534 g/mol. The van der Waals surface area contributed by atoms with E-state index in [0.717, 1.165) is 32.1 Å². The second-order valence-corrected chi connectivity index (χ2v) is 11.0. The van der Waals surface area contributed by atoms with Crippen LogP contribution in [0.1, 0.15) is 44.4 Å². The number of amides is 1. The average Bonchev–Trinajstić information content (AvgIpc) is 3.65. The SMILES string of the molecule is COC1CCC(C(=O)N2CC[C@H](COc3cc(-n4c(C(F)F)nc5ccccc54)nc(N4CCOCC4)n3)C2)CC1. The summed E-state index contributed by atoms with van der Waals surface area (Å²) in [6.45, 7) is 3.94. The molecule has 6 rings (SSSR count). The minimum Gasteiger partial charge on any atom is -0.477 e. The molecule has 41 heavy (non-hydrogen) atoms. The molecule has 1 aliphatic carbocycles. The third kappa shape index (κ3) is 5.99. The van der Waals surface area contributed by atoms with Crippen LogP contribution in [-0.2, 0) is 14.3 Å². The summed E-state index contributed by atoms with van der Waals surface area (Å²) in [5, 5.41) is 0. The molecule has 220 valence electrons. The Morgan fingerprint density at radius 3 is 2.59 bits per heavy atom. The summed E-state index contributed by atoms with van der Waals surface area (Å²) < 4.78 is 46.7. The fourth-order valence-corrected chi connectivity index (χ4v) is 6.10. The van der Waals surface area contributed by atoms with Crippen molar-refractivity contribution in [2.75, 3.05) is 58.0 Å². The second kappa shape index (κ2) is 12.2. The molecule has 0 radical (unpaired) electrons. The maximum atomic E-state index is 14.1. The van der Waals surface area contributed by atoms with Gasteiger partial charge >= 0.3 is 0 Å². The van der Waals surface area contributed by atoms with E-state index in [9.17, 15) is 13.6 Å². The quantitative estimate of drug-likeness (QED) is 0.401. The van der Waals surface area contributed by atoms with Gasteiger partial charge < -0.3 is 24.0 Å². The lowest BCUT2D eigenvalue weighted by atomic mass is 9.86. The highest BCUT2D eigenvalue weighted by Crippen LogP contribution is 2.31. The van der Waals surface area contributed by atoms with Crippen molar-refractivity contribution in [3.05, 3.63) is 36.2 Å². The standard InChI is InChI=1S/C29H36F2N6O4/c1-39-21-8-6-20(7-9-21)28(38)36-11-10-19(17-36)18-41-25-16-24(33-29(34-25)35-12-14-40-15-13-35)37-23-5-3-2-4-22(23)32-27(37)26(30)31/h2-5,16,19-21,26H,6-15,17-18H2,1H3/t19-,20?,21?/m0/s1. The molecule has 1 saturated carbocycles. The topological polar surface area (TPSA) is 94.8 Å². The molecule has 1 atom stereocenters. The van der Waals surface area contributed by atoms with E-state index in [1.807, 2.05) is 9.80 Å². The van der Waals surface area contributed by atoms with E-state index >= 15 is 0 Å². The van der Waals surface area contributed by atoms with Gasteiger partial charge in [-0.05, 0) is 44.2 Å². The van der Waals surface area contributed by atoms with Gasteiger partial charge in [-0.2, -0.15) is 9.97 Å². The van der Waals surface area contributed by atoms with Crippen molar-refractivity contribution in [2.24, 2.45) is 11.8 Å². The molecule has 4 heterocycles. The van der Waals surface area contributed by atoms with Crippen LogP contribution in [0.4, 0.5) is 14.7 Å². The van der Waals surface area contributed by atoms with Gasteiger partial charge in [0.25, 0.3) is 6.43 Å². The van der Waals surface area contributed by atoms with Gasteiger partial charge in [0.15, 0.2) is 5.82 Å². The molecule has 1 amide bonds. The number of benzene rings is 1. The predicted octanol–water partition coefficient (Wildman–Crippen LogP) is 4.02. The number of nitrogens with zero attached hydrogens (tertiary/aromatic N) is 6. The van der Waals surface area contributed by atoms with Crippen LogP contribution in [0.5, 0.6) is 5.88 Å². The molecule has 0 N–H and O–H groups in total. The first kappa shape index (κ1) is 27.8. The molecule has 2 saturated heterocycles. The van der Waals surface area contributed by atoms with Crippen LogP contribution >= 0.6 is 0 Å². The summed E-state index contributed by atoms with van der Waals surface area (Å²) in [5.41, 5.74) is 0.994. The van der Waals surface area contributed by atoms with Crippen LogP contribution in [0.15, 0.2) is 30.3 Å². The zero-order valence-electron chi connectivity index (χ0n) is 23.3. The van der Waals surface area contributed by atoms with Crippen LogP contribution < -0.4 is 9.64 Å². The number of carbonyl (C=O) groups is 1. The summed E-state index contributed by atoms with van der Waals surface area (Å²) >= 11 is 0. The van der Waals surface area contributed by atoms with Crippen molar-refractivity contribution in [1.29, 1.82) is 0 Å². The van der Waals surface area contributed by atoms with Crippen LogP contribution in [0.2, 0.25) is 0 Å². The molecule has 1 aromatic carbocycles. The number of alkyl halides is 2. The lowest BCUT2D eigenvalue weighted by Crippen LogP contribution is -2.37. The first-order valence-corrected chi connectivity index (χ1v) is 14.4. The molecule has 3 aliphatic rings. The fourth-order valence-electron chi connectivity index (χ4n) is 6.10. The number of likely N-dealkylation sites (tertiary alicyclic amines) is 1. The van der Waals surface area contributed by atoms with Gasteiger partial charge in [0.1, 0.15) is 5.82 Å². The number of hydrogen-bond donors (Lipinski definition) is 0. The summed E-state index contributed by atoms with van der Waals surface area (Å²) in [7, 11) is 1.73. The molecule has 2 aliphatic heterocycles. The Morgan fingerprint density at radius 2 is 1.83 bits per heavy atom. The predicted molar refractivity (Wildman–Crippen MR) is 148 cm³/mol. The zero-order chi connectivity index (χ0) is 28.3. The smallest absolute Gasteiger partial charge is 0.296 e. The van der Waals surface area contributed by atoms with E-state index in [-0.39, 0.29) is 35.5 Å². The Hall–Kier alpha value is -3.38. The monoisotopic (exact) mass is 570 g/mol. The first-order chi connectivity index (χ1) is 20.0. The Balaban J connectivity index is 1.20. The van der Waals surface area contributed by atoms with Crippen molar-refractivity contribution >= 4 is 22.9 Å². The van der Waals surface area contributed by atoms with Crippen molar-refractivity contribution in [3.8, 4) is 11.7 Å². The van der Waals surface area contributed by atoms with Crippen LogP contribution in [-0.4, -0.2) is 89.5 Å². The van der Waals surface area contributed by atoms with E-state index in [0.29, 0.717) is 68.9 Å².